The molecule has 0 unspecified atom stereocenters. The van der Waals surface area contributed by atoms with E-state index in [1.807, 2.05) is 22.6 Å². The Hall–Kier alpha value is -2.06. The number of para-hydroxylation sites is 1. The van der Waals surface area contributed by atoms with E-state index in [1.165, 1.54) is 12.1 Å². The van der Waals surface area contributed by atoms with Gasteiger partial charge in [0.25, 0.3) is 5.91 Å². The highest BCUT2D eigenvalue weighted by molar-refractivity contribution is 14.1. The zero-order valence-electron chi connectivity index (χ0n) is 13.5. The quantitative estimate of drug-likeness (QED) is 0.534. The molecule has 0 fully saturated rings. The van der Waals surface area contributed by atoms with E-state index in [-0.39, 0.29) is 11.7 Å². The summed E-state index contributed by atoms with van der Waals surface area (Å²) < 4.78 is 5.79. The first-order chi connectivity index (χ1) is 11.9. The van der Waals surface area contributed by atoms with Gasteiger partial charge < -0.3 is 9.84 Å². The monoisotopic (exact) mass is 468 g/mol. The molecule has 1 aliphatic heterocycles. The van der Waals surface area contributed by atoms with Crippen LogP contribution >= 0.6 is 34.2 Å². The molecule has 1 amide bonds. The summed E-state index contributed by atoms with van der Waals surface area (Å²) in [5.74, 6) is 0.167. The number of benzene rings is 2. The molecule has 1 heterocycles. The first kappa shape index (κ1) is 17.8. The van der Waals surface area contributed by atoms with Gasteiger partial charge in [-0.25, -0.2) is 0 Å². The first-order valence-electron chi connectivity index (χ1n) is 7.35. The second kappa shape index (κ2) is 7.05. The smallest absolute Gasteiger partial charge is 0.280 e. The topological polar surface area (TPSA) is 62.1 Å². The summed E-state index contributed by atoms with van der Waals surface area (Å²) >= 11 is 8.19. The number of nitrogens with zero attached hydrogens (tertiary/aromatic N) is 2. The maximum Gasteiger partial charge on any atom is 0.280 e. The minimum Gasteiger partial charge on any atom is -0.504 e. The van der Waals surface area contributed by atoms with Gasteiger partial charge in [-0.1, -0.05) is 23.7 Å². The van der Waals surface area contributed by atoms with Gasteiger partial charge in [-0.2, -0.15) is 10.1 Å². The highest BCUT2D eigenvalue weighted by Gasteiger charge is 2.29. The van der Waals surface area contributed by atoms with Gasteiger partial charge >= 0.3 is 0 Å². The Morgan fingerprint density at radius 3 is 2.72 bits per heavy atom. The summed E-state index contributed by atoms with van der Waals surface area (Å²) in [6.45, 7) is 1.77. The van der Waals surface area contributed by atoms with Crippen LogP contribution in [0.25, 0.3) is 6.08 Å². The lowest BCUT2D eigenvalue weighted by Gasteiger charge is -2.13. The van der Waals surface area contributed by atoms with Crippen LogP contribution in [0.1, 0.15) is 12.5 Å². The largest absolute Gasteiger partial charge is 0.504 e. The van der Waals surface area contributed by atoms with Gasteiger partial charge in [0.1, 0.15) is 0 Å². The number of aromatic hydroxyl groups is 1. The van der Waals surface area contributed by atoms with Crippen LogP contribution in [-0.2, 0) is 4.79 Å². The SMILES string of the molecule is COc1cc(/C=C2\C(=O)N(c3ccccc3Cl)N=C2C)cc(I)c1O. The summed E-state index contributed by atoms with van der Waals surface area (Å²) in [5.41, 5.74) is 2.32. The fraction of sp³-hybridized carbons (Fsp3) is 0.111. The number of carbonyl (C=O) groups excluding carboxylic acids is 1. The number of hydrazone groups is 1. The van der Waals surface area contributed by atoms with Crippen molar-refractivity contribution in [2.45, 2.75) is 6.92 Å². The molecular weight excluding hydrogens is 455 g/mol. The maximum atomic E-state index is 12.8. The lowest BCUT2D eigenvalue weighted by Crippen LogP contribution is -2.21. The van der Waals surface area contributed by atoms with Crippen molar-refractivity contribution in [1.82, 2.24) is 0 Å². The third-order valence-corrected chi connectivity index (χ3v) is 4.87. The number of halogens is 2. The van der Waals surface area contributed by atoms with E-state index in [4.69, 9.17) is 16.3 Å². The fourth-order valence-electron chi connectivity index (χ4n) is 2.47. The Balaban J connectivity index is 2.01. The predicted molar refractivity (Wildman–Crippen MR) is 107 cm³/mol. The van der Waals surface area contributed by atoms with Crippen molar-refractivity contribution in [2.24, 2.45) is 5.10 Å². The van der Waals surface area contributed by atoms with Gasteiger partial charge in [0.05, 0.1) is 32.7 Å². The summed E-state index contributed by atoms with van der Waals surface area (Å²) in [5, 5.41) is 16.0. The highest BCUT2D eigenvalue weighted by Crippen LogP contribution is 2.34. The lowest BCUT2D eigenvalue weighted by molar-refractivity contribution is -0.114. The molecule has 1 aliphatic rings. The molecule has 0 spiro atoms. The molecule has 2 aromatic rings. The van der Waals surface area contributed by atoms with Crippen molar-refractivity contribution in [3.63, 3.8) is 0 Å². The van der Waals surface area contributed by atoms with E-state index < -0.39 is 0 Å². The molecule has 0 saturated heterocycles. The molecule has 3 rings (SSSR count). The minimum atomic E-state index is -0.257. The number of hydrogen-bond acceptors (Lipinski definition) is 4. The Morgan fingerprint density at radius 2 is 2.04 bits per heavy atom. The molecular formula is C18H14ClIN2O3. The molecule has 0 saturated carbocycles. The minimum absolute atomic E-state index is 0.0751. The molecule has 1 N–H and O–H groups in total. The van der Waals surface area contributed by atoms with E-state index in [9.17, 15) is 9.90 Å². The number of carbonyl (C=O) groups is 1. The van der Waals surface area contributed by atoms with Gasteiger partial charge in [0.15, 0.2) is 11.5 Å². The van der Waals surface area contributed by atoms with Crippen molar-refractivity contribution < 1.29 is 14.6 Å². The van der Waals surface area contributed by atoms with Gasteiger partial charge in [-0.3, -0.25) is 4.79 Å². The van der Waals surface area contributed by atoms with Crippen LogP contribution in [0.5, 0.6) is 11.5 Å². The number of rotatable bonds is 3. The Labute approximate surface area is 163 Å². The maximum absolute atomic E-state index is 12.8. The highest BCUT2D eigenvalue weighted by atomic mass is 127. The molecule has 25 heavy (non-hydrogen) atoms. The standard InChI is InChI=1S/C18H14ClIN2O3/c1-10-12(7-11-8-14(20)17(23)16(9-11)25-2)18(24)22(21-10)15-6-4-3-5-13(15)19/h3-9,23H,1-2H3/b12-7-. The third-order valence-electron chi connectivity index (χ3n) is 3.72. The number of phenols is 1. The molecule has 0 bridgehead atoms. The number of anilines is 1. The average Bonchev–Trinajstić information content (AvgIpc) is 2.86. The van der Waals surface area contributed by atoms with Crippen molar-refractivity contribution in [3.8, 4) is 11.5 Å². The molecule has 2 aromatic carbocycles. The second-order valence-electron chi connectivity index (χ2n) is 5.37. The van der Waals surface area contributed by atoms with Crippen molar-refractivity contribution >= 4 is 57.6 Å². The van der Waals surface area contributed by atoms with Gasteiger partial charge in [0.2, 0.25) is 0 Å². The van der Waals surface area contributed by atoms with E-state index >= 15 is 0 Å². The van der Waals surface area contributed by atoms with Gasteiger partial charge in [0, 0.05) is 0 Å². The lowest BCUT2D eigenvalue weighted by atomic mass is 10.1. The molecule has 7 heteroatoms. The number of phenolic OH excluding ortho intramolecular Hbond substituents is 1. The summed E-state index contributed by atoms with van der Waals surface area (Å²) in [6.07, 6.45) is 1.72. The molecule has 0 radical (unpaired) electrons. The number of ether oxygens (including phenoxy) is 1. The van der Waals surface area contributed by atoms with Crippen LogP contribution in [-0.4, -0.2) is 23.8 Å². The Bertz CT molecular complexity index is 925. The molecule has 0 aromatic heterocycles. The van der Waals surface area contributed by atoms with Crippen LogP contribution in [0, 0.1) is 3.57 Å². The zero-order valence-corrected chi connectivity index (χ0v) is 16.4. The van der Waals surface area contributed by atoms with Crippen molar-refractivity contribution in [2.75, 3.05) is 12.1 Å². The molecule has 0 aliphatic carbocycles. The Morgan fingerprint density at radius 1 is 1.32 bits per heavy atom. The van der Waals surface area contributed by atoms with Crippen LogP contribution in [0.3, 0.4) is 0 Å². The van der Waals surface area contributed by atoms with Crippen LogP contribution in [0.4, 0.5) is 5.69 Å². The third kappa shape index (κ3) is 3.36. The van der Waals surface area contributed by atoms with Gasteiger partial charge in [-0.05, 0) is 65.4 Å². The molecule has 128 valence electrons. The van der Waals surface area contributed by atoms with Crippen LogP contribution < -0.4 is 9.75 Å². The molecule has 5 nitrogen and oxygen atoms in total. The Kier molecular flexibility index (Phi) is 5.01. The second-order valence-corrected chi connectivity index (χ2v) is 6.93. The molecule has 0 atom stereocenters. The number of hydrogen-bond donors (Lipinski definition) is 1. The average molecular weight is 469 g/mol. The van der Waals surface area contributed by atoms with Crippen molar-refractivity contribution in [3.05, 3.63) is 56.1 Å². The van der Waals surface area contributed by atoms with Crippen LogP contribution in [0.15, 0.2) is 47.1 Å². The summed E-state index contributed by atoms with van der Waals surface area (Å²) in [4.78, 5) is 12.8. The number of methoxy groups -OCH3 is 1. The normalized spacial score (nSPS) is 15.7. The fourth-order valence-corrected chi connectivity index (χ4v) is 3.31. The van der Waals surface area contributed by atoms with E-state index in [0.29, 0.717) is 31.3 Å². The predicted octanol–water partition coefficient (Wildman–Crippen LogP) is 4.46. The van der Waals surface area contributed by atoms with E-state index in [0.717, 1.165) is 5.56 Å². The summed E-state index contributed by atoms with van der Waals surface area (Å²) in [6, 6.07) is 10.5. The van der Waals surface area contributed by atoms with Crippen molar-refractivity contribution in [1.29, 1.82) is 0 Å². The number of amides is 1. The summed E-state index contributed by atoms with van der Waals surface area (Å²) in [7, 11) is 1.48. The van der Waals surface area contributed by atoms with E-state index in [1.54, 1.807) is 49.4 Å². The van der Waals surface area contributed by atoms with Crippen LogP contribution in [0.2, 0.25) is 5.02 Å². The van der Waals surface area contributed by atoms with E-state index in [2.05, 4.69) is 5.10 Å². The van der Waals surface area contributed by atoms with Gasteiger partial charge in [-0.15, -0.1) is 0 Å². The first-order valence-corrected chi connectivity index (χ1v) is 8.81. The zero-order chi connectivity index (χ0) is 18.1.